The van der Waals surface area contributed by atoms with E-state index in [2.05, 4.69) is 10.2 Å². The molecule has 2 saturated heterocycles. The van der Waals surface area contributed by atoms with Crippen LogP contribution in [0.4, 0.5) is 10.1 Å². The van der Waals surface area contributed by atoms with Gasteiger partial charge in [-0.05, 0) is 12.1 Å². The first-order valence-electron chi connectivity index (χ1n) is 6.79. The number of hydrogen-bond acceptors (Lipinski definition) is 4. The third-order valence-corrected chi connectivity index (χ3v) is 3.62. The summed E-state index contributed by atoms with van der Waals surface area (Å²) in [5.41, 5.74) is 2.01. The summed E-state index contributed by atoms with van der Waals surface area (Å²) in [5.74, 6) is -0.200. The number of anilines is 1. The van der Waals surface area contributed by atoms with Gasteiger partial charge in [-0.3, -0.25) is 0 Å². The van der Waals surface area contributed by atoms with Gasteiger partial charge in [-0.1, -0.05) is 6.07 Å². The van der Waals surface area contributed by atoms with Crippen molar-refractivity contribution < 1.29 is 13.9 Å². The van der Waals surface area contributed by atoms with Crippen molar-refractivity contribution in [1.29, 1.82) is 0 Å². The molecule has 2 fully saturated rings. The van der Waals surface area contributed by atoms with Gasteiger partial charge in [0.05, 0.1) is 25.9 Å². The predicted octanol–water partition coefficient (Wildman–Crippen LogP) is 1.32. The monoisotopic (exact) mass is 266 g/mol. The first kappa shape index (κ1) is 12.8. The zero-order chi connectivity index (χ0) is 13.1. The molecule has 0 spiro atoms. The van der Waals surface area contributed by atoms with Crippen molar-refractivity contribution in [2.75, 3.05) is 50.9 Å². The lowest BCUT2D eigenvalue weighted by molar-refractivity contribution is 0.0277. The molecule has 3 rings (SSSR count). The fraction of sp³-hybridized carbons (Fsp3) is 0.571. The number of hydrogen-bond donors (Lipinski definition) is 1. The summed E-state index contributed by atoms with van der Waals surface area (Å²) in [6.45, 7) is 5.35. The van der Waals surface area contributed by atoms with Crippen LogP contribution >= 0.6 is 0 Å². The van der Waals surface area contributed by atoms with E-state index in [1.807, 2.05) is 6.07 Å². The fourth-order valence-electron chi connectivity index (χ4n) is 2.63. The lowest BCUT2D eigenvalue weighted by Crippen LogP contribution is -2.38. The summed E-state index contributed by atoms with van der Waals surface area (Å²) in [4.78, 5) is 2.18. The minimum absolute atomic E-state index is 0.00666. The Morgan fingerprint density at radius 1 is 1.21 bits per heavy atom. The maximum absolute atomic E-state index is 13.6. The maximum atomic E-state index is 13.6. The topological polar surface area (TPSA) is 33.7 Å². The van der Waals surface area contributed by atoms with Crippen LogP contribution in [0.2, 0.25) is 0 Å². The molecule has 1 aromatic rings. The Morgan fingerprint density at radius 2 is 2.05 bits per heavy atom. The predicted molar refractivity (Wildman–Crippen MR) is 71.0 cm³/mol. The SMILES string of the molecule is Fc1ccc(C2CNCCO2)c(N2CCOCC2)c1. The highest BCUT2D eigenvalue weighted by Crippen LogP contribution is 2.30. The van der Waals surface area contributed by atoms with Crippen molar-refractivity contribution in [3.63, 3.8) is 0 Å². The number of rotatable bonds is 2. The average molecular weight is 266 g/mol. The van der Waals surface area contributed by atoms with Gasteiger partial charge in [-0.15, -0.1) is 0 Å². The van der Waals surface area contributed by atoms with E-state index in [1.165, 1.54) is 6.07 Å². The minimum Gasteiger partial charge on any atom is -0.378 e. The molecular weight excluding hydrogens is 247 g/mol. The molecule has 0 aromatic heterocycles. The van der Waals surface area contributed by atoms with Gasteiger partial charge in [0.1, 0.15) is 5.82 Å². The zero-order valence-electron chi connectivity index (χ0n) is 10.9. The highest BCUT2D eigenvalue weighted by atomic mass is 19.1. The number of nitrogens with zero attached hydrogens (tertiary/aromatic N) is 1. The molecule has 0 aliphatic carbocycles. The summed E-state index contributed by atoms with van der Waals surface area (Å²) < 4.78 is 24.7. The molecule has 4 nitrogen and oxygen atoms in total. The Balaban J connectivity index is 1.88. The van der Waals surface area contributed by atoms with E-state index in [0.717, 1.165) is 37.4 Å². The van der Waals surface area contributed by atoms with Crippen LogP contribution < -0.4 is 10.2 Å². The molecule has 2 aliphatic rings. The number of halogens is 1. The molecule has 19 heavy (non-hydrogen) atoms. The lowest BCUT2D eigenvalue weighted by atomic mass is 10.0. The molecule has 1 aromatic carbocycles. The molecule has 2 heterocycles. The van der Waals surface area contributed by atoms with Crippen molar-refractivity contribution in [2.24, 2.45) is 0 Å². The van der Waals surface area contributed by atoms with Crippen LogP contribution in [0, 0.1) is 5.82 Å². The summed E-state index contributed by atoms with van der Waals surface area (Å²) >= 11 is 0. The van der Waals surface area contributed by atoms with Crippen molar-refractivity contribution in [1.82, 2.24) is 5.32 Å². The Kier molecular flexibility index (Phi) is 3.96. The van der Waals surface area contributed by atoms with Gasteiger partial charge in [-0.25, -0.2) is 4.39 Å². The summed E-state index contributed by atoms with van der Waals surface area (Å²) in [5, 5.41) is 3.32. The van der Waals surface area contributed by atoms with E-state index in [0.29, 0.717) is 19.8 Å². The van der Waals surface area contributed by atoms with Gasteiger partial charge in [0.15, 0.2) is 0 Å². The summed E-state index contributed by atoms with van der Waals surface area (Å²) in [6.07, 6.45) is 0.00666. The van der Waals surface area contributed by atoms with Gasteiger partial charge in [0.25, 0.3) is 0 Å². The van der Waals surface area contributed by atoms with E-state index in [9.17, 15) is 4.39 Å². The molecule has 1 unspecified atom stereocenters. The van der Waals surface area contributed by atoms with Crippen LogP contribution in [0.1, 0.15) is 11.7 Å². The summed E-state index contributed by atoms with van der Waals surface area (Å²) in [6, 6.07) is 4.97. The van der Waals surface area contributed by atoms with Crippen LogP contribution in [-0.2, 0) is 9.47 Å². The van der Waals surface area contributed by atoms with E-state index in [1.54, 1.807) is 6.07 Å². The minimum atomic E-state index is -0.200. The quantitative estimate of drug-likeness (QED) is 0.875. The number of nitrogens with one attached hydrogen (secondary N) is 1. The van der Waals surface area contributed by atoms with Crippen molar-refractivity contribution in [3.05, 3.63) is 29.6 Å². The molecule has 104 valence electrons. The third-order valence-electron chi connectivity index (χ3n) is 3.62. The molecule has 1 N–H and O–H groups in total. The van der Waals surface area contributed by atoms with Crippen LogP contribution in [0.15, 0.2) is 18.2 Å². The molecular formula is C14H19FN2O2. The van der Waals surface area contributed by atoms with E-state index < -0.39 is 0 Å². The first-order valence-corrected chi connectivity index (χ1v) is 6.79. The van der Waals surface area contributed by atoms with E-state index in [-0.39, 0.29) is 11.9 Å². The lowest BCUT2D eigenvalue weighted by Gasteiger charge is -2.33. The van der Waals surface area contributed by atoms with Crippen molar-refractivity contribution in [2.45, 2.75) is 6.10 Å². The Hall–Kier alpha value is -1.17. The molecule has 5 heteroatoms. The second-order valence-electron chi connectivity index (χ2n) is 4.87. The van der Waals surface area contributed by atoms with E-state index in [4.69, 9.17) is 9.47 Å². The fourth-order valence-corrected chi connectivity index (χ4v) is 2.63. The second kappa shape index (κ2) is 5.86. The van der Waals surface area contributed by atoms with Crippen LogP contribution in [0.5, 0.6) is 0 Å². The van der Waals surface area contributed by atoms with Gasteiger partial charge in [-0.2, -0.15) is 0 Å². The van der Waals surface area contributed by atoms with Gasteiger partial charge in [0.2, 0.25) is 0 Å². The van der Waals surface area contributed by atoms with Gasteiger partial charge in [0, 0.05) is 37.4 Å². The van der Waals surface area contributed by atoms with Crippen LogP contribution in [0.25, 0.3) is 0 Å². The maximum Gasteiger partial charge on any atom is 0.125 e. The normalized spacial score (nSPS) is 24.5. The average Bonchev–Trinajstić information content (AvgIpc) is 2.49. The second-order valence-corrected chi connectivity index (χ2v) is 4.87. The molecule has 0 radical (unpaired) electrons. The van der Waals surface area contributed by atoms with Gasteiger partial charge >= 0.3 is 0 Å². The smallest absolute Gasteiger partial charge is 0.125 e. The Morgan fingerprint density at radius 3 is 2.79 bits per heavy atom. The van der Waals surface area contributed by atoms with Crippen molar-refractivity contribution in [3.8, 4) is 0 Å². The third kappa shape index (κ3) is 2.88. The standard InChI is InChI=1S/C14H19FN2O2/c15-11-1-2-12(14-10-16-3-6-19-14)13(9-11)17-4-7-18-8-5-17/h1-2,9,14,16H,3-8,10H2. The van der Waals surface area contributed by atoms with Crippen LogP contribution in [0.3, 0.4) is 0 Å². The molecule has 0 amide bonds. The highest BCUT2D eigenvalue weighted by molar-refractivity contribution is 5.55. The number of benzene rings is 1. The number of ether oxygens (including phenoxy) is 2. The zero-order valence-corrected chi connectivity index (χ0v) is 10.9. The number of morpholine rings is 2. The van der Waals surface area contributed by atoms with E-state index >= 15 is 0 Å². The first-order chi connectivity index (χ1) is 9.34. The van der Waals surface area contributed by atoms with Crippen molar-refractivity contribution >= 4 is 5.69 Å². The van der Waals surface area contributed by atoms with Crippen LogP contribution in [-0.4, -0.2) is 46.0 Å². The molecule has 0 saturated carbocycles. The highest BCUT2D eigenvalue weighted by Gasteiger charge is 2.23. The Labute approximate surface area is 112 Å². The largest absolute Gasteiger partial charge is 0.378 e. The Bertz CT molecular complexity index is 429. The molecule has 1 atom stereocenters. The van der Waals surface area contributed by atoms with Gasteiger partial charge < -0.3 is 19.7 Å². The molecule has 0 bridgehead atoms. The molecule has 2 aliphatic heterocycles. The summed E-state index contributed by atoms with van der Waals surface area (Å²) in [7, 11) is 0.